The van der Waals surface area contributed by atoms with Crippen LogP contribution in [0.25, 0.3) is 10.8 Å². The Morgan fingerprint density at radius 1 is 0.500 bits per heavy atom. The molecule has 0 heteroatoms. The second kappa shape index (κ2) is 9.07. The van der Waals surface area contributed by atoms with Crippen LogP contribution in [0.4, 0.5) is 0 Å². The van der Waals surface area contributed by atoms with Gasteiger partial charge in [-0.3, -0.25) is 0 Å². The minimum atomic E-state index is 0.793. The van der Waals surface area contributed by atoms with Crippen LogP contribution in [0.5, 0.6) is 0 Å². The molecule has 0 N–H and O–H groups in total. The van der Waals surface area contributed by atoms with Crippen LogP contribution in [0, 0.1) is 0 Å². The van der Waals surface area contributed by atoms with Gasteiger partial charge in [0.15, 0.2) is 0 Å². The highest BCUT2D eigenvalue weighted by Gasteiger charge is 2.24. The molecule has 0 spiro atoms. The summed E-state index contributed by atoms with van der Waals surface area (Å²) in [5.74, 6) is 1.60. The molecular weight excluding hydrogens is 312 g/mol. The molecule has 0 atom stereocenters. The Balaban J connectivity index is 1.75. The molecule has 2 aromatic carbocycles. The SMILES string of the molecule is c1ccc2c(C3CCCCCCC3)c(C3CCCCCCC3)ccc2c1. The highest BCUT2D eigenvalue weighted by molar-refractivity contribution is 5.87. The van der Waals surface area contributed by atoms with Crippen molar-refractivity contribution in [1.29, 1.82) is 0 Å². The zero-order valence-electron chi connectivity index (χ0n) is 16.5. The van der Waals surface area contributed by atoms with Crippen molar-refractivity contribution in [3.63, 3.8) is 0 Å². The van der Waals surface area contributed by atoms with Gasteiger partial charge >= 0.3 is 0 Å². The first-order valence-corrected chi connectivity index (χ1v) is 11.4. The molecule has 2 aliphatic carbocycles. The highest BCUT2D eigenvalue weighted by atomic mass is 14.3. The van der Waals surface area contributed by atoms with Crippen molar-refractivity contribution in [1.82, 2.24) is 0 Å². The third kappa shape index (κ3) is 4.16. The third-order valence-corrected chi connectivity index (χ3v) is 7.06. The van der Waals surface area contributed by atoms with E-state index in [1.54, 1.807) is 16.5 Å². The van der Waals surface area contributed by atoms with Crippen LogP contribution in [-0.2, 0) is 0 Å². The monoisotopic (exact) mass is 348 g/mol. The van der Waals surface area contributed by atoms with Crippen LogP contribution in [0.1, 0.15) is 113 Å². The smallest absolute Gasteiger partial charge is 0.0146 e. The van der Waals surface area contributed by atoms with E-state index in [-0.39, 0.29) is 0 Å². The molecule has 0 heterocycles. The standard InChI is InChI=1S/C26H36/c1-3-7-13-21(14-8-4-1)25-20-19-22-15-11-12-18-24(22)26(25)23-16-9-5-2-6-10-17-23/h11-12,15,18-21,23H,1-10,13-14,16-17H2. The zero-order chi connectivity index (χ0) is 17.6. The summed E-state index contributed by atoms with van der Waals surface area (Å²) in [4.78, 5) is 0. The van der Waals surface area contributed by atoms with E-state index in [0.29, 0.717) is 0 Å². The van der Waals surface area contributed by atoms with Gasteiger partial charge in [-0.15, -0.1) is 0 Å². The predicted molar refractivity (Wildman–Crippen MR) is 114 cm³/mol. The van der Waals surface area contributed by atoms with E-state index >= 15 is 0 Å². The van der Waals surface area contributed by atoms with Crippen LogP contribution < -0.4 is 0 Å². The molecule has 0 aromatic heterocycles. The number of hydrogen-bond donors (Lipinski definition) is 0. The molecule has 0 unspecified atom stereocenters. The Bertz CT molecular complexity index is 682. The van der Waals surface area contributed by atoms with E-state index in [1.807, 2.05) is 0 Å². The van der Waals surface area contributed by atoms with Gasteiger partial charge in [0.25, 0.3) is 0 Å². The molecule has 0 nitrogen and oxygen atoms in total. The minimum absolute atomic E-state index is 0.793. The van der Waals surface area contributed by atoms with Crippen LogP contribution in [0.3, 0.4) is 0 Å². The summed E-state index contributed by atoms with van der Waals surface area (Å²) in [5.41, 5.74) is 3.49. The quantitative estimate of drug-likeness (QED) is 0.510. The Labute approximate surface area is 160 Å². The van der Waals surface area contributed by atoms with Gasteiger partial charge in [-0.25, -0.2) is 0 Å². The molecule has 4 rings (SSSR count). The van der Waals surface area contributed by atoms with Gasteiger partial charge in [0.1, 0.15) is 0 Å². The molecule has 2 aromatic rings. The van der Waals surface area contributed by atoms with Gasteiger partial charge < -0.3 is 0 Å². The summed E-state index contributed by atoms with van der Waals surface area (Å²) < 4.78 is 0. The zero-order valence-corrected chi connectivity index (χ0v) is 16.5. The molecule has 0 amide bonds. The van der Waals surface area contributed by atoms with E-state index in [4.69, 9.17) is 0 Å². The number of benzene rings is 2. The Hall–Kier alpha value is -1.30. The Morgan fingerprint density at radius 2 is 1.04 bits per heavy atom. The summed E-state index contributed by atoms with van der Waals surface area (Å²) >= 11 is 0. The van der Waals surface area contributed by atoms with Crippen LogP contribution in [-0.4, -0.2) is 0 Å². The first-order valence-electron chi connectivity index (χ1n) is 11.4. The highest BCUT2D eigenvalue weighted by Crippen LogP contribution is 2.42. The summed E-state index contributed by atoms with van der Waals surface area (Å²) in [7, 11) is 0. The molecule has 0 saturated heterocycles. The van der Waals surface area contributed by atoms with Gasteiger partial charge in [0.05, 0.1) is 0 Å². The number of fused-ring (bicyclic) bond motifs is 1. The van der Waals surface area contributed by atoms with Crippen LogP contribution >= 0.6 is 0 Å². The lowest BCUT2D eigenvalue weighted by Crippen LogP contribution is -2.11. The van der Waals surface area contributed by atoms with Gasteiger partial charge in [-0.2, -0.15) is 0 Å². The topological polar surface area (TPSA) is 0 Å². The lowest BCUT2D eigenvalue weighted by atomic mass is 9.76. The summed E-state index contributed by atoms with van der Waals surface area (Å²) in [6.45, 7) is 0. The first-order chi connectivity index (χ1) is 12.9. The largest absolute Gasteiger partial charge is 0.0616 e. The van der Waals surface area contributed by atoms with E-state index in [0.717, 1.165) is 11.8 Å². The molecule has 140 valence electrons. The molecule has 2 saturated carbocycles. The average Bonchev–Trinajstić information content (AvgIpc) is 2.61. The van der Waals surface area contributed by atoms with Gasteiger partial charge in [-0.05, 0) is 59.4 Å². The van der Waals surface area contributed by atoms with Crippen molar-refractivity contribution in [2.45, 2.75) is 102 Å². The predicted octanol–water partition coefficient (Wildman–Crippen LogP) is 8.50. The maximum absolute atomic E-state index is 2.53. The van der Waals surface area contributed by atoms with Gasteiger partial charge in [0, 0.05) is 0 Å². The van der Waals surface area contributed by atoms with Crippen molar-refractivity contribution in [2.24, 2.45) is 0 Å². The minimum Gasteiger partial charge on any atom is -0.0616 e. The van der Waals surface area contributed by atoms with Crippen molar-refractivity contribution < 1.29 is 0 Å². The lowest BCUT2D eigenvalue weighted by molar-refractivity contribution is 0.435. The van der Waals surface area contributed by atoms with Crippen LogP contribution in [0.15, 0.2) is 36.4 Å². The van der Waals surface area contributed by atoms with Gasteiger partial charge in [0.2, 0.25) is 0 Å². The fourth-order valence-electron chi connectivity index (χ4n) is 5.64. The summed E-state index contributed by atoms with van der Waals surface area (Å²) in [6, 6.07) is 14.1. The normalized spacial score (nSPS) is 21.7. The summed E-state index contributed by atoms with van der Waals surface area (Å²) in [6.07, 6.45) is 20.1. The average molecular weight is 349 g/mol. The van der Waals surface area contributed by atoms with Crippen molar-refractivity contribution in [3.05, 3.63) is 47.5 Å². The second-order valence-electron chi connectivity index (χ2n) is 8.87. The maximum atomic E-state index is 2.53. The summed E-state index contributed by atoms with van der Waals surface area (Å²) in [5, 5.41) is 3.02. The van der Waals surface area contributed by atoms with Crippen molar-refractivity contribution >= 4 is 10.8 Å². The third-order valence-electron chi connectivity index (χ3n) is 7.06. The Kier molecular flexibility index (Phi) is 6.31. The van der Waals surface area contributed by atoms with E-state index in [9.17, 15) is 0 Å². The van der Waals surface area contributed by atoms with E-state index in [1.165, 1.54) is 95.3 Å². The molecule has 0 aliphatic heterocycles. The number of rotatable bonds is 2. The second-order valence-corrected chi connectivity index (χ2v) is 8.87. The van der Waals surface area contributed by atoms with E-state index in [2.05, 4.69) is 36.4 Å². The molecule has 2 fully saturated rings. The fraction of sp³-hybridized carbons (Fsp3) is 0.615. The van der Waals surface area contributed by atoms with E-state index < -0.39 is 0 Å². The molecular formula is C26H36. The van der Waals surface area contributed by atoms with Crippen molar-refractivity contribution in [2.75, 3.05) is 0 Å². The number of hydrogen-bond acceptors (Lipinski definition) is 0. The fourth-order valence-corrected chi connectivity index (χ4v) is 5.64. The molecule has 26 heavy (non-hydrogen) atoms. The Morgan fingerprint density at radius 3 is 1.69 bits per heavy atom. The molecule has 0 radical (unpaired) electrons. The van der Waals surface area contributed by atoms with Crippen LogP contribution in [0.2, 0.25) is 0 Å². The van der Waals surface area contributed by atoms with Crippen molar-refractivity contribution in [3.8, 4) is 0 Å². The lowest BCUT2D eigenvalue weighted by Gasteiger charge is -2.29. The molecule has 2 aliphatic rings. The van der Waals surface area contributed by atoms with Gasteiger partial charge in [-0.1, -0.05) is 101 Å². The first kappa shape index (κ1) is 18.1. The maximum Gasteiger partial charge on any atom is -0.0146 e. The molecule has 0 bridgehead atoms.